The third-order valence-corrected chi connectivity index (χ3v) is 5.33. The van der Waals surface area contributed by atoms with Crippen LogP contribution in [-0.4, -0.2) is 25.8 Å². The minimum absolute atomic E-state index is 0.0881. The van der Waals surface area contributed by atoms with Gasteiger partial charge in [0.2, 0.25) is 0 Å². The maximum atomic E-state index is 12.9. The Morgan fingerprint density at radius 2 is 1.50 bits per heavy atom. The molecule has 0 aromatic heterocycles. The first-order valence-corrected chi connectivity index (χ1v) is 10.6. The van der Waals surface area contributed by atoms with E-state index >= 15 is 0 Å². The summed E-state index contributed by atoms with van der Waals surface area (Å²) >= 11 is 0. The fourth-order valence-corrected chi connectivity index (χ4v) is 3.62. The van der Waals surface area contributed by atoms with Crippen LogP contribution in [0.1, 0.15) is 54.4 Å². The molecule has 0 aliphatic carbocycles. The van der Waals surface area contributed by atoms with Crippen LogP contribution in [0.25, 0.3) is 0 Å². The molecule has 0 fully saturated rings. The number of hydrogen-bond acceptors (Lipinski definition) is 5. The highest BCUT2D eigenvalue weighted by molar-refractivity contribution is 7.59. The molecule has 148 valence electrons. The lowest BCUT2D eigenvalue weighted by atomic mass is 10.1. The Morgan fingerprint density at radius 3 is 2.00 bits per heavy atom. The molecule has 0 radical (unpaired) electrons. The highest BCUT2D eigenvalue weighted by Crippen LogP contribution is 2.56. The minimum atomic E-state index is -3.70. The molecule has 0 heterocycles. The molecule has 0 rings (SSSR count). The second kappa shape index (κ2) is 13.7. The molecule has 6 heteroatoms. The van der Waals surface area contributed by atoms with E-state index in [4.69, 9.17) is 13.8 Å². The Labute approximate surface area is 158 Å². The zero-order chi connectivity index (χ0) is 20.0. The van der Waals surface area contributed by atoms with Gasteiger partial charge in [0.25, 0.3) is 0 Å². The smallest absolute Gasteiger partial charge is 0.368 e. The van der Waals surface area contributed by atoms with E-state index < -0.39 is 13.6 Å². The molecule has 0 saturated carbocycles. The van der Waals surface area contributed by atoms with Gasteiger partial charge in [-0.05, 0) is 60.5 Å². The summed E-state index contributed by atoms with van der Waals surface area (Å²) in [6.45, 7) is 11.8. The van der Waals surface area contributed by atoms with Gasteiger partial charge in [0.15, 0.2) is 0 Å². The maximum Gasteiger partial charge on any atom is 0.368 e. The first-order chi connectivity index (χ1) is 12.3. The van der Waals surface area contributed by atoms with Crippen LogP contribution in [0, 0.1) is 0 Å². The van der Waals surface area contributed by atoms with Crippen molar-refractivity contribution in [2.24, 2.45) is 0 Å². The zero-order valence-corrected chi connectivity index (χ0v) is 17.8. The normalized spacial score (nSPS) is 13.2. The van der Waals surface area contributed by atoms with Gasteiger partial charge < -0.3 is 13.8 Å². The Hall–Kier alpha value is -1.42. The van der Waals surface area contributed by atoms with Crippen molar-refractivity contribution in [3.8, 4) is 0 Å². The molecule has 0 saturated heterocycles. The average Bonchev–Trinajstić information content (AvgIpc) is 2.54. The molecule has 0 bridgehead atoms. The number of rotatable bonds is 12. The van der Waals surface area contributed by atoms with E-state index in [0.29, 0.717) is 0 Å². The standard InChI is InChI=1S/C20H33O5P/c1-7-23-20(21)19(26(22,24-8-2)25-9-3)16-11-10-14-18(6)15-12-13-17(4)5/h10-11,13-14,16H,7-9,12,15H2,1-6H3/b11-10+,18-14+,19-16-. The summed E-state index contributed by atoms with van der Waals surface area (Å²) in [6, 6.07) is 0. The quantitative estimate of drug-likeness (QED) is 0.137. The van der Waals surface area contributed by atoms with Crippen molar-refractivity contribution in [3.05, 3.63) is 46.8 Å². The van der Waals surface area contributed by atoms with E-state index in [9.17, 15) is 9.36 Å². The molecular weight excluding hydrogens is 351 g/mol. The summed E-state index contributed by atoms with van der Waals surface area (Å²) < 4.78 is 28.4. The lowest BCUT2D eigenvalue weighted by Gasteiger charge is -2.18. The third-order valence-electron chi connectivity index (χ3n) is 3.21. The lowest BCUT2D eigenvalue weighted by Crippen LogP contribution is -2.11. The summed E-state index contributed by atoms with van der Waals surface area (Å²) in [6.07, 6.45) is 11.0. The Morgan fingerprint density at radius 1 is 0.923 bits per heavy atom. The van der Waals surface area contributed by atoms with Crippen LogP contribution in [-0.2, 0) is 23.1 Å². The van der Waals surface area contributed by atoms with E-state index in [0.717, 1.165) is 12.8 Å². The van der Waals surface area contributed by atoms with Gasteiger partial charge in [0.1, 0.15) is 5.31 Å². The Bertz CT molecular complexity index is 585. The summed E-state index contributed by atoms with van der Waals surface area (Å²) in [7, 11) is -3.70. The fourth-order valence-electron chi connectivity index (χ4n) is 2.03. The summed E-state index contributed by atoms with van der Waals surface area (Å²) in [5, 5.41) is -0.0881. The second-order valence-corrected chi connectivity index (χ2v) is 7.82. The van der Waals surface area contributed by atoms with Gasteiger partial charge in [-0.15, -0.1) is 0 Å². The van der Waals surface area contributed by atoms with Crippen molar-refractivity contribution >= 4 is 13.6 Å². The fraction of sp³-hybridized carbons (Fsp3) is 0.550. The van der Waals surface area contributed by atoms with Crippen molar-refractivity contribution in [1.82, 2.24) is 0 Å². The highest BCUT2D eigenvalue weighted by Gasteiger charge is 2.35. The van der Waals surface area contributed by atoms with E-state index in [-0.39, 0.29) is 25.1 Å². The first kappa shape index (κ1) is 24.6. The first-order valence-electron chi connectivity index (χ1n) is 9.04. The molecule has 0 aromatic carbocycles. The van der Waals surface area contributed by atoms with Crippen molar-refractivity contribution in [3.63, 3.8) is 0 Å². The molecule has 0 spiro atoms. The maximum absolute atomic E-state index is 12.9. The summed E-state index contributed by atoms with van der Waals surface area (Å²) in [4.78, 5) is 12.2. The van der Waals surface area contributed by atoms with Crippen molar-refractivity contribution in [2.45, 2.75) is 54.4 Å². The molecule has 5 nitrogen and oxygen atoms in total. The lowest BCUT2D eigenvalue weighted by molar-refractivity contribution is -0.137. The average molecular weight is 384 g/mol. The second-order valence-electron chi connectivity index (χ2n) is 5.82. The number of esters is 1. The molecule has 0 aliphatic heterocycles. The molecule has 0 atom stereocenters. The molecule has 26 heavy (non-hydrogen) atoms. The largest absolute Gasteiger partial charge is 0.462 e. The van der Waals surface area contributed by atoms with Crippen LogP contribution in [0.5, 0.6) is 0 Å². The minimum Gasteiger partial charge on any atom is -0.462 e. The number of carbonyl (C=O) groups is 1. The SMILES string of the molecule is CCOC(=O)/C(=C/C=C/C=C(\C)CCC=C(C)C)P(=O)(OCC)OCC. The summed E-state index contributed by atoms with van der Waals surface area (Å²) in [5.74, 6) is -0.688. The topological polar surface area (TPSA) is 61.8 Å². The van der Waals surface area contributed by atoms with Crippen LogP contribution >= 0.6 is 7.60 Å². The van der Waals surface area contributed by atoms with Crippen LogP contribution in [0.2, 0.25) is 0 Å². The Balaban J connectivity index is 5.34. The van der Waals surface area contributed by atoms with Gasteiger partial charge in [-0.1, -0.05) is 35.5 Å². The van der Waals surface area contributed by atoms with Crippen molar-refractivity contribution in [1.29, 1.82) is 0 Å². The molecule has 0 aromatic rings. The molecular formula is C20H33O5P. The molecule has 0 aliphatic rings. The van der Waals surface area contributed by atoms with Crippen LogP contribution in [0.15, 0.2) is 46.8 Å². The van der Waals surface area contributed by atoms with E-state index in [2.05, 4.69) is 19.9 Å². The van der Waals surface area contributed by atoms with Crippen LogP contribution in [0.3, 0.4) is 0 Å². The number of allylic oxidation sites excluding steroid dienone is 7. The van der Waals surface area contributed by atoms with Crippen molar-refractivity contribution < 1.29 is 23.1 Å². The van der Waals surface area contributed by atoms with Gasteiger partial charge in [-0.3, -0.25) is 4.57 Å². The zero-order valence-electron chi connectivity index (χ0n) is 16.9. The Kier molecular flexibility index (Phi) is 13.0. The number of carbonyl (C=O) groups excluding carboxylic acids is 1. The van der Waals surface area contributed by atoms with Gasteiger partial charge >= 0.3 is 13.6 Å². The van der Waals surface area contributed by atoms with Gasteiger partial charge in [0.05, 0.1) is 19.8 Å². The molecule has 0 amide bonds. The van der Waals surface area contributed by atoms with E-state index in [1.807, 2.05) is 13.0 Å². The van der Waals surface area contributed by atoms with Crippen molar-refractivity contribution in [2.75, 3.05) is 19.8 Å². The highest BCUT2D eigenvalue weighted by atomic mass is 31.2. The number of ether oxygens (including phenoxy) is 1. The third kappa shape index (κ3) is 9.91. The monoisotopic (exact) mass is 384 g/mol. The predicted octanol–water partition coefficient (Wildman–Crippen LogP) is 5.95. The predicted molar refractivity (Wildman–Crippen MR) is 107 cm³/mol. The van der Waals surface area contributed by atoms with E-state index in [1.54, 1.807) is 32.9 Å². The van der Waals surface area contributed by atoms with Gasteiger partial charge in [-0.25, -0.2) is 4.79 Å². The van der Waals surface area contributed by atoms with Crippen LogP contribution in [0.4, 0.5) is 0 Å². The van der Waals surface area contributed by atoms with Crippen LogP contribution < -0.4 is 0 Å². The van der Waals surface area contributed by atoms with Gasteiger partial charge in [-0.2, -0.15) is 0 Å². The number of hydrogen-bond donors (Lipinski definition) is 0. The van der Waals surface area contributed by atoms with E-state index in [1.165, 1.54) is 17.2 Å². The molecule has 0 N–H and O–H groups in total. The van der Waals surface area contributed by atoms with Gasteiger partial charge in [0, 0.05) is 0 Å². The summed E-state index contributed by atoms with van der Waals surface area (Å²) in [5.41, 5.74) is 2.51. The molecule has 0 unspecified atom stereocenters.